The smallest absolute Gasteiger partial charge is 0.132 e. The lowest BCUT2D eigenvalue weighted by molar-refractivity contribution is 0.436. The molecule has 0 aromatic heterocycles. The zero-order valence-electron chi connectivity index (χ0n) is 27.1. The van der Waals surface area contributed by atoms with Crippen molar-refractivity contribution in [3.05, 3.63) is 208 Å². The molecule has 50 heavy (non-hydrogen) atoms. The number of allylic oxidation sites excluding steroid dienone is 2. The van der Waals surface area contributed by atoms with Gasteiger partial charge < -0.3 is 20.4 Å². The first-order valence-electron chi connectivity index (χ1n) is 17.0. The fourth-order valence-electron chi connectivity index (χ4n) is 8.02. The highest BCUT2D eigenvalue weighted by molar-refractivity contribution is 6.20. The number of rotatable bonds is 4. The standard InChI is InChI=1S/C45H31N4O/c1-2-14-29(15-3-1)42-47-43(49-44(48-42)39-23-12-13-27-46-39)34-19-5-4-16-31(34)30-25-26-38-41(28-30)50-40-24-11-10-22-37(40)45(38)35-20-8-6-17-32(35)33-18-7-9-21-36(33)45/h1-26,28,44,46H,27H2/q-1. The van der Waals surface area contributed by atoms with E-state index in [0.717, 1.165) is 57.1 Å². The topological polar surface area (TPSA) is 60.1 Å². The first-order chi connectivity index (χ1) is 24.8. The number of amidine groups is 2. The predicted molar refractivity (Wildman–Crippen MR) is 201 cm³/mol. The van der Waals surface area contributed by atoms with Crippen LogP contribution in [0.2, 0.25) is 0 Å². The van der Waals surface area contributed by atoms with Gasteiger partial charge in [0.1, 0.15) is 11.5 Å². The second-order valence-corrected chi connectivity index (χ2v) is 12.9. The van der Waals surface area contributed by atoms with Crippen LogP contribution in [0.4, 0.5) is 0 Å². The molecule has 3 heterocycles. The number of para-hydroxylation sites is 1. The van der Waals surface area contributed by atoms with Crippen LogP contribution in [0.1, 0.15) is 33.4 Å². The summed E-state index contributed by atoms with van der Waals surface area (Å²) in [6.07, 6.45) is 5.76. The van der Waals surface area contributed by atoms with Gasteiger partial charge in [0, 0.05) is 28.9 Å². The highest BCUT2D eigenvalue weighted by atomic mass is 16.5. The van der Waals surface area contributed by atoms with Crippen molar-refractivity contribution in [2.45, 2.75) is 11.6 Å². The van der Waals surface area contributed by atoms with E-state index in [2.05, 4.69) is 127 Å². The zero-order valence-corrected chi connectivity index (χ0v) is 27.1. The minimum atomic E-state index is -0.498. The summed E-state index contributed by atoms with van der Waals surface area (Å²) in [5.74, 6) is 3.03. The molecule has 0 bridgehead atoms. The van der Waals surface area contributed by atoms with Gasteiger partial charge in [-0.05, 0) is 57.2 Å². The molecule has 0 saturated heterocycles. The van der Waals surface area contributed by atoms with Gasteiger partial charge in [0.2, 0.25) is 0 Å². The van der Waals surface area contributed by atoms with Crippen LogP contribution < -0.4 is 10.1 Å². The Balaban J connectivity index is 1.15. The van der Waals surface area contributed by atoms with Gasteiger partial charge >= 0.3 is 0 Å². The third-order valence-corrected chi connectivity index (χ3v) is 10.2. The third kappa shape index (κ3) is 4.26. The number of nitrogens with zero attached hydrogens (tertiary/aromatic N) is 3. The Hall–Kier alpha value is -6.46. The van der Waals surface area contributed by atoms with Gasteiger partial charge in [-0.25, -0.2) is 0 Å². The molecule has 5 nitrogen and oxygen atoms in total. The molecule has 4 aliphatic rings. The van der Waals surface area contributed by atoms with Crippen LogP contribution in [0.15, 0.2) is 180 Å². The molecule has 5 heteroatoms. The van der Waals surface area contributed by atoms with Crippen LogP contribution in [0.5, 0.6) is 11.5 Å². The molecule has 1 N–H and O–H groups in total. The van der Waals surface area contributed by atoms with Gasteiger partial charge in [-0.3, -0.25) is 4.99 Å². The van der Waals surface area contributed by atoms with Crippen LogP contribution in [0.3, 0.4) is 0 Å². The number of nitrogens with one attached hydrogen (secondary N) is 1. The van der Waals surface area contributed by atoms with E-state index in [1.54, 1.807) is 0 Å². The number of dihydropyridines is 1. The summed E-state index contributed by atoms with van der Waals surface area (Å²) in [6, 6.07) is 51.3. The number of aliphatic imine (C=N–C) groups is 2. The van der Waals surface area contributed by atoms with Gasteiger partial charge in [-0.1, -0.05) is 151 Å². The number of hydrogen-bond acceptors (Lipinski definition) is 4. The van der Waals surface area contributed by atoms with E-state index in [4.69, 9.17) is 20.0 Å². The SMILES string of the molecule is C1=CCNC(C2N=C(c3ccccc3-c3ccc4c(c3)Oc3ccccc3C43c4ccccc4-c4ccccc43)N=C(c3ccccc3)[N-]2)=C1. The van der Waals surface area contributed by atoms with E-state index in [-0.39, 0.29) is 0 Å². The lowest BCUT2D eigenvalue weighted by Crippen LogP contribution is -2.32. The molecular weight excluding hydrogens is 613 g/mol. The third-order valence-electron chi connectivity index (χ3n) is 10.2. The number of benzene rings is 6. The molecule has 1 unspecified atom stereocenters. The Morgan fingerprint density at radius 1 is 0.600 bits per heavy atom. The van der Waals surface area contributed by atoms with Crippen molar-refractivity contribution in [1.82, 2.24) is 5.32 Å². The first kappa shape index (κ1) is 28.5. The molecule has 3 aliphatic heterocycles. The van der Waals surface area contributed by atoms with Crippen LogP contribution in [0.25, 0.3) is 27.6 Å². The molecule has 1 aliphatic carbocycles. The van der Waals surface area contributed by atoms with Crippen molar-refractivity contribution in [1.29, 1.82) is 0 Å². The predicted octanol–water partition coefficient (Wildman–Crippen LogP) is 9.77. The number of ether oxygens (including phenoxy) is 1. The van der Waals surface area contributed by atoms with E-state index < -0.39 is 11.6 Å². The Labute approximate surface area is 291 Å². The quantitative estimate of drug-likeness (QED) is 0.208. The van der Waals surface area contributed by atoms with E-state index >= 15 is 0 Å². The maximum Gasteiger partial charge on any atom is 0.132 e. The van der Waals surface area contributed by atoms with Crippen LogP contribution in [-0.4, -0.2) is 24.4 Å². The number of hydrogen-bond donors (Lipinski definition) is 1. The molecule has 1 atom stereocenters. The summed E-state index contributed by atoms with van der Waals surface area (Å²) in [4.78, 5) is 10.2. The highest BCUT2D eigenvalue weighted by Crippen LogP contribution is 2.62. The van der Waals surface area contributed by atoms with E-state index in [9.17, 15) is 0 Å². The van der Waals surface area contributed by atoms with Crippen molar-refractivity contribution in [3.8, 4) is 33.8 Å². The van der Waals surface area contributed by atoms with Gasteiger partial charge in [0.05, 0.1) is 17.4 Å². The van der Waals surface area contributed by atoms with Crippen molar-refractivity contribution >= 4 is 11.7 Å². The second-order valence-electron chi connectivity index (χ2n) is 12.9. The number of fused-ring (bicyclic) bond motifs is 9. The van der Waals surface area contributed by atoms with E-state index in [1.165, 1.54) is 22.3 Å². The maximum absolute atomic E-state index is 6.82. The fourth-order valence-corrected chi connectivity index (χ4v) is 8.02. The van der Waals surface area contributed by atoms with Crippen molar-refractivity contribution in [3.63, 3.8) is 0 Å². The molecule has 0 radical (unpaired) electrons. The molecule has 0 amide bonds. The first-order valence-corrected chi connectivity index (χ1v) is 17.0. The normalized spacial score (nSPS) is 17.4. The van der Waals surface area contributed by atoms with Gasteiger partial charge in [0.25, 0.3) is 0 Å². The summed E-state index contributed by atoms with van der Waals surface area (Å²) in [7, 11) is 0. The van der Waals surface area contributed by atoms with Crippen LogP contribution >= 0.6 is 0 Å². The summed E-state index contributed by atoms with van der Waals surface area (Å²) in [5, 5.41) is 8.45. The van der Waals surface area contributed by atoms with E-state index in [0.29, 0.717) is 11.7 Å². The average Bonchev–Trinajstić information content (AvgIpc) is 3.49. The molecule has 6 aromatic carbocycles. The molecule has 10 rings (SSSR count). The fraction of sp³-hybridized carbons (Fsp3) is 0.0667. The Morgan fingerprint density at radius 3 is 1.98 bits per heavy atom. The molecular formula is C45H31N4O-. The minimum Gasteiger partial charge on any atom is -0.457 e. The molecule has 0 fully saturated rings. The van der Waals surface area contributed by atoms with Crippen molar-refractivity contribution < 1.29 is 4.74 Å². The molecule has 6 aromatic rings. The Morgan fingerprint density at radius 2 is 1.24 bits per heavy atom. The maximum atomic E-state index is 6.82. The molecule has 1 spiro atoms. The lowest BCUT2D eigenvalue weighted by atomic mass is 9.66. The van der Waals surface area contributed by atoms with Crippen molar-refractivity contribution in [2.75, 3.05) is 6.54 Å². The lowest BCUT2D eigenvalue weighted by Gasteiger charge is -2.39. The summed E-state index contributed by atoms with van der Waals surface area (Å²) in [6.45, 7) is 0.742. The largest absolute Gasteiger partial charge is 0.457 e. The summed E-state index contributed by atoms with van der Waals surface area (Å²) >= 11 is 0. The average molecular weight is 644 g/mol. The monoisotopic (exact) mass is 643 g/mol. The van der Waals surface area contributed by atoms with Crippen LogP contribution in [-0.2, 0) is 5.41 Å². The van der Waals surface area contributed by atoms with Gasteiger partial charge in [-0.15, -0.1) is 0 Å². The Kier molecular flexibility index (Phi) is 6.46. The van der Waals surface area contributed by atoms with Crippen LogP contribution in [0, 0.1) is 0 Å². The molecule has 238 valence electrons. The second kappa shape index (κ2) is 11.3. The van der Waals surface area contributed by atoms with Gasteiger partial charge in [0.15, 0.2) is 0 Å². The minimum absolute atomic E-state index is 0.429. The van der Waals surface area contributed by atoms with Gasteiger partial charge in [-0.2, -0.15) is 0 Å². The molecule has 0 saturated carbocycles. The summed E-state index contributed by atoms with van der Waals surface area (Å²) < 4.78 is 6.82. The zero-order chi connectivity index (χ0) is 33.1. The van der Waals surface area contributed by atoms with E-state index in [1.807, 2.05) is 42.5 Å². The van der Waals surface area contributed by atoms with Crippen molar-refractivity contribution in [2.24, 2.45) is 9.98 Å². The Bertz CT molecular complexity index is 2410. The highest BCUT2D eigenvalue weighted by Gasteiger charge is 2.50. The summed E-state index contributed by atoms with van der Waals surface area (Å²) in [5.41, 5.74) is 11.8.